The van der Waals surface area contributed by atoms with E-state index in [2.05, 4.69) is 23.3 Å². The molecule has 6 heteroatoms. The summed E-state index contributed by atoms with van der Waals surface area (Å²) in [7, 11) is 0. The number of hydrogen-bond donors (Lipinski definition) is 1. The van der Waals surface area contributed by atoms with Crippen LogP contribution in [0.3, 0.4) is 0 Å². The summed E-state index contributed by atoms with van der Waals surface area (Å²) in [5.74, 6) is -1.61. The lowest BCUT2D eigenvalue weighted by Crippen LogP contribution is -2.31. The molecule has 6 nitrogen and oxygen atoms in total. The minimum Gasteiger partial charge on any atom is -0.449 e. The number of rotatable bonds is 18. The van der Waals surface area contributed by atoms with Gasteiger partial charge in [-0.1, -0.05) is 90.9 Å². The molecule has 2 unspecified atom stereocenters. The maximum atomic E-state index is 11.7. The summed E-state index contributed by atoms with van der Waals surface area (Å²) in [6, 6.07) is 0. The molecule has 176 valence electrons. The van der Waals surface area contributed by atoms with Gasteiger partial charge in [0.1, 0.15) is 6.10 Å². The van der Waals surface area contributed by atoms with Gasteiger partial charge in [0.15, 0.2) is 6.10 Å². The standard InChI is InChI=1S/C24H44O6/c1-19(2)17-15-13-11-9-7-5-6-8-10-12-14-16-18-22(26)30-24(28)21(4)29-23(27)20(3)25/h19-21,25H,5-18H2,1-4H3. The van der Waals surface area contributed by atoms with Crippen molar-refractivity contribution >= 4 is 17.9 Å². The van der Waals surface area contributed by atoms with Gasteiger partial charge in [0.2, 0.25) is 0 Å². The molecule has 0 aromatic heterocycles. The van der Waals surface area contributed by atoms with E-state index in [4.69, 9.17) is 5.11 Å². The first-order valence-corrected chi connectivity index (χ1v) is 11.9. The van der Waals surface area contributed by atoms with Crippen LogP contribution in [0.25, 0.3) is 0 Å². The first-order chi connectivity index (χ1) is 14.2. The van der Waals surface area contributed by atoms with Crippen LogP contribution in [-0.2, 0) is 23.9 Å². The third-order valence-corrected chi connectivity index (χ3v) is 5.09. The quantitative estimate of drug-likeness (QED) is 0.176. The Labute approximate surface area is 183 Å². The van der Waals surface area contributed by atoms with Crippen molar-refractivity contribution in [2.24, 2.45) is 5.92 Å². The van der Waals surface area contributed by atoms with E-state index in [9.17, 15) is 14.4 Å². The lowest BCUT2D eigenvalue weighted by atomic mass is 10.0. The number of ether oxygens (including phenoxy) is 2. The molecule has 0 amide bonds. The lowest BCUT2D eigenvalue weighted by Gasteiger charge is -2.12. The van der Waals surface area contributed by atoms with Crippen LogP contribution in [0, 0.1) is 5.92 Å². The number of hydrogen-bond acceptors (Lipinski definition) is 6. The van der Waals surface area contributed by atoms with Crippen molar-refractivity contribution in [2.75, 3.05) is 0 Å². The van der Waals surface area contributed by atoms with Crippen LogP contribution in [0.4, 0.5) is 0 Å². The van der Waals surface area contributed by atoms with Crippen molar-refractivity contribution in [1.82, 2.24) is 0 Å². The number of aliphatic hydroxyl groups excluding tert-OH is 1. The van der Waals surface area contributed by atoms with Crippen LogP contribution in [0.1, 0.15) is 118 Å². The molecule has 1 N–H and O–H groups in total. The fourth-order valence-corrected chi connectivity index (χ4v) is 3.16. The van der Waals surface area contributed by atoms with Gasteiger partial charge in [-0.15, -0.1) is 0 Å². The molecule has 0 heterocycles. The highest BCUT2D eigenvalue weighted by molar-refractivity contribution is 5.89. The molecule has 0 spiro atoms. The highest BCUT2D eigenvalue weighted by atomic mass is 16.6. The summed E-state index contributed by atoms with van der Waals surface area (Å²) in [5.41, 5.74) is 0. The largest absolute Gasteiger partial charge is 0.449 e. The van der Waals surface area contributed by atoms with Gasteiger partial charge in [0, 0.05) is 6.42 Å². The maximum Gasteiger partial charge on any atom is 0.354 e. The van der Waals surface area contributed by atoms with Crippen LogP contribution in [0.2, 0.25) is 0 Å². The maximum absolute atomic E-state index is 11.7. The molecule has 0 rings (SSSR count). The van der Waals surface area contributed by atoms with E-state index in [1.54, 1.807) is 0 Å². The van der Waals surface area contributed by atoms with Gasteiger partial charge < -0.3 is 14.6 Å². The normalized spacial score (nSPS) is 13.1. The zero-order valence-electron chi connectivity index (χ0n) is 19.6. The Balaban J connectivity index is 3.48. The lowest BCUT2D eigenvalue weighted by molar-refractivity contribution is -0.176. The smallest absolute Gasteiger partial charge is 0.354 e. The first-order valence-electron chi connectivity index (χ1n) is 11.9. The van der Waals surface area contributed by atoms with Crippen LogP contribution >= 0.6 is 0 Å². The molecular formula is C24H44O6. The SMILES string of the molecule is CC(C)CCCCCCCCCCCCCCC(=O)OC(=O)C(C)OC(=O)C(C)O. The number of carbonyl (C=O) groups is 3. The highest BCUT2D eigenvalue weighted by Gasteiger charge is 2.23. The van der Waals surface area contributed by atoms with E-state index in [0.717, 1.165) is 18.8 Å². The zero-order chi connectivity index (χ0) is 22.8. The van der Waals surface area contributed by atoms with E-state index in [0.29, 0.717) is 6.42 Å². The van der Waals surface area contributed by atoms with Crippen molar-refractivity contribution in [3.8, 4) is 0 Å². The monoisotopic (exact) mass is 428 g/mol. The van der Waals surface area contributed by atoms with Gasteiger partial charge in [0.25, 0.3) is 0 Å². The Bertz CT molecular complexity index is 472. The second kappa shape index (κ2) is 18.3. The molecule has 0 aliphatic carbocycles. The average Bonchev–Trinajstić information content (AvgIpc) is 2.67. The van der Waals surface area contributed by atoms with Crippen LogP contribution in [-0.4, -0.2) is 35.2 Å². The predicted molar refractivity (Wildman–Crippen MR) is 118 cm³/mol. The first kappa shape index (κ1) is 28.6. The highest BCUT2D eigenvalue weighted by Crippen LogP contribution is 2.14. The molecule has 0 aromatic carbocycles. The summed E-state index contributed by atoms with van der Waals surface area (Å²) in [4.78, 5) is 34.6. The zero-order valence-corrected chi connectivity index (χ0v) is 19.6. The van der Waals surface area contributed by atoms with Crippen molar-refractivity contribution in [3.63, 3.8) is 0 Å². The molecular weight excluding hydrogens is 384 g/mol. The van der Waals surface area contributed by atoms with E-state index >= 15 is 0 Å². The van der Waals surface area contributed by atoms with Crippen molar-refractivity contribution in [1.29, 1.82) is 0 Å². The number of esters is 3. The summed E-state index contributed by atoms with van der Waals surface area (Å²) in [6.07, 6.45) is 13.5. The number of aliphatic hydroxyl groups is 1. The van der Waals surface area contributed by atoms with Gasteiger partial charge in [-0.2, -0.15) is 0 Å². The molecule has 0 saturated carbocycles. The van der Waals surface area contributed by atoms with Gasteiger partial charge >= 0.3 is 17.9 Å². The summed E-state index contributed by atoms with van der Waals surface area (Å²) >= 11 is 0. The Hall–Kier alpha value is -1.43. The number of carbonyl (C=O) groups excluding carboxylic acids is 3. The minimum atomic E-state index is -1.32. The van der Waals surface area contributed by atoms with Gasteiger partial charge in [0.05, 0.1) is 0 Å². The average molecular weight is 429 g/mol. The van der Waals surface area contributed by atoms with E-state index in [1.165, 1.54) is 78.1 Å². The molecule has 0 fully saturated rings. The van der Waals surface area contributed by atoms with Gasteiger partial charge in [-0.3, -0.25) is 4.79 Å². The molecule has 0 saturated heterocycles. The molecule has 0 aliphatic heterocycles. The van der Waals surface area contributed by atoms with Crippen molar-refractivity contribution < 1.29 is 29.0 Å². The Morgan fingerprint density at radius 3 is 1.53 bits per heavy atom. The minimum absolute atomic E-state index is 0.180. The molecule has 0 bridgehead atoms. The predicted octanol–water partition coefficient (Wildman–Crippen LogP) is 5.49. The third-order valence-electron chi connectivity index (χ3n) is 5.09. The summed E-state index contributed by atoms with van der Waals surface area (Å²) in [5, 5.41) is 9.04. The van der Waals surface area contributed by atoms with Gasteiger partial charge in [-0.25, -0.2) is 9.59 Å². The second-order valence-corrected chi connectivity index (χ2v) is 8.72. The third kappa shape index (κ3) is 17.4. The van der Waals surface area contributed by atoms with Crippen molar-refractivity contribution in [3.05, 3.63) is 0 Å². The summed E-state index contributed by atoms with van der Waals surface area (Å²) in [6.45, 7) is 7.12. The Kier molecular flexibility index (Phi) is 17.5. The summed E-state index contributed by atoms with van der Waals surface area (Å²) < 4.78 is 9.36. The Morgan fingerprint density at radius 2 is 1.10 bits per heavy atom. The van der Waals surface area contributed by atoms with Crippen molar-refractivity contribution in [2.45, 2.75) is 130 Å². The Morgan fingerprint density at radius 1 is 0.667 bits per heavy atom. The van der Waals surface area contributed by atoms with E-state index in [-0.39, 0.29) is 6.42 Å². The van der Waals surface area contributed by atoms with Crippen LogP contribution < -0.4 is 0 Å². The molecule has 2 atom stereocenters. The van der Waals surface area contributed by atoms with E-state index < -0.39 is 30.1 Å². The van der Waals surface area contributed by atoms with Crippen LogP contribution in [0.15, 0.2) is 0 Å². The molecule has 0 aromatic rings. The topological polar surface area (TPSA) is 89.9 Å². The fraction of sp³-hybridized carbons (Fsp3) is 0.875. The second-order valence-electron chi connectivity index (χ2n) is 8.72. The molecule has 0 radical (unpaired) electrons. The van der Waals surface area contributed by atoms with Gasteiger partial charge in [-0.05, 0) is 26.2 Å². The fourth-order valence-electron chi connectivity index (χ4n) is 3.16. The van der Waals surface area contributed by atoms with E-state index in [1.807, 2.05) is 0 Å². The van der Waals surface area contributed by atoms with Crippen LogP contribution in [0.5, 0.6) is 0 Å². The molecule has 30 heavy (non-hydrogen) atoms. The number of unbranched alkanes of at least 4 members (excludes halogenated alkanes) is 11. The molecule has 0 aliphatic rings.